The van der Waals surface area contributed by atoms with E-state index in [4.69, 9.17) is 23.2 Å². The van der Waals surface area contributed by atoms with E-state index in [0.29, 0.717) is 22.0 Å². The van der Waals surface area contributed by atoms with Gasteiger partial charge >= 0.3 is 0 Å². The van der Waals surface area contributed by atoms with Gasteiger partial charge in [-0.1, -0.05) is 44.0 Å². The Hall–Kier alpha value is -0.340. The van der Waals surface area contributed by atoms with Crippen molar-refractivity contribution in [1.29, 1.82) is 0 Å². The zero-order chi connectivity index (χ0) is 12.5. The molecule has 0 saturated carbocycles. The molecule has 0 fully saturated rings. The van der Waals surface area contributed by atoms with Gasteiger partial charge in [0.25, 0.3) is 5.92 Å². The van der Waals surface area contributed by atoms with Crippen LogP contribution < -0.4 is 0 Å². The minimum Gasteiger partial charge on any atom is -0.201 e. The monoisotopic (exact) mass is 266 g/mol. The molecule has 0 radical (unpaired) electrons. The average Bonchev–Trinajstić information content (AvgIpc) is 2.16. The summed E-state index contributed by atoms with van der Waals surface area (Å²) in [6.45, 7) is 4.82. The van der Waals surface area contributed by atoms with Crippen LogP contribution in [0.3, 0.4) is 0 Å². The summed E-state index contributed by atoms with van der Waals surface area (Å²) in [6.07, 6.45) is 0.630. The summed E-state index contributed by atoms with van der Waals surface area (Å²) in [7, 11) is 0. The van der Waals surface area contributed by atoms with Gasteiger partial charge in [-0.15, -0.1) is 0 Å². The Morgan fingerprint density at radius 1 is 1.19 bits per heavy atom. The van der Waals surface area contributed by atoms with E-state index in [0.717, 1.165) is 0 Å². The zero-order valence-electron chi connectivity index (χ0n) is 9.45. The van der Waals surface area contributed by atoms with Gasteiger partial charge in [0.15, 0.2) is 0 Å². The van der Waals surface area contributed by atoms with E-state index in [2.05, 4.69) is 0 Å². The first-order valence-corrected chi connectivity index (χ1v) is 5.92. The minimum absolute atomic E-state index is 0.116. The first kappa shape index (κ1) is 13.7. The molecular formula is C12H14Cl2F2. The topological polar surface area (TPSA) is 0 Å². The maximum Gasteiger partial charge on any atom is 0.275 e. The molecule has 90 valence electrons. The maximum atomic E-state index is 13.8. The molecule has 0 spiro atoms. The SMILES string of the molecule is CCc1c(Cl)cc(C(F)(F)C(C)C)cc1Cl. The van der Waals surface area contributed by atoms with Crippen LogP contribution in [0.1, 0.15) is 31.9 Å². The predicted octanol–water partition coefficient (Wildman–Crippen LogP) is 5.30. The van der Waals surface area contributed by atoms with Crippen LogP contribution in [0.15, 0.2) is 12.1 Å². The smallest absolute Gasteiger partial charge is 0.201 e. The Balaban J connectivity index is 3.29. The maximum absolute atomic E-state index is 13.8. The van der Waals surface area contributed by atoms with Crippen LogP contribution in [0.2, 0.25) is 10.0 Å². The highest BCUT2D eigenvalue weighted by atomic mass is 35.5. The lowest BCUT2D eigenvalue weighted by Crippen LogP contribution is -2.21. The van der Waals surface area contributed by atoms with Crippen LogP contribution in [-0.4, -0.2) is 0 Å². The highest BCUT2D eigenvalue weighted by Crippen LogP contribution is 2.39. The van der Waals surface area contributed by atoms with Crippen LogP contribution >= 0.6 is 23.2 Å². The molecule has 1 aromatic rings. The van der Waals surface area contributed by atoms with Crippen LogP contribution in [0.25, 0.3) is 0 Å². The number of alkyl halides is 2. The van der Waals surface area contributed by atoms with Gasteiger partial charge in [0, 0.05) is 21.5 Å². The highest BCUT2D eigenvalue weighted by molar-refractivity contribution is 6.36. The van der Waals surface area contributed by atoms with E-state index < -0.39 is 11.8 Å². The van der Waals surface area contributed by atoms with E-state index in [9.17, 15) is 8.78 Å². The summed E-state index contributed by atoms with van der Waals surface area (Å²) in [4.78, 5) is 0. The molecular weight excluding hydrogens is 253 g/mol. The van der Waals surface area contributed by atoms with Gasteiger partial charge in [-0.3, -0.25) is 0 Å². The van der Waals surface area contributed by atoms with Crippen molar-refractivity contribution in [2.45, 2.75) is 33.1 Å². The van der Waals surface area contributed by atoms with Crippen LogP contribution in [0.4, 0.5) is 8.78 Å². The fourth-order valence-electron chi connectivity index (χ4n) is 1.47. The molecule has 0 aliphatic rings. The van der Waals surface area contributed by atoms with Crippen molar-refractivity contribution in [3.05, 3.63) is 33.3 Å². The second kappa shape index (κ2) is 4.89. The molecule has 1 rings (SSSR count). The Morgan fingerprint density at radius 3 is 1.94 bits per heavy atom. The molecule has 1 aromatic carbocycles. The second-order valence-electron chi connectivity index (χ2n) is 4.05. The molecule has 0 N–H and O–H groups in total. The third kappa shape index (κ3) is 2.49. The minimum atomic E-state index is -2.90. The standard InChI is InChI=1S/C12H14Cl2F2/c1-4-9-10(13)5-8(6-11(9)14)12(15,16)7(2)3/h5-7H,4H2,1-3H3. The lowest BCUT2D eigenvalue weighted by Gasteiger charge is -2.22. The Bertz CT molecular complexity index is 364. The van der Waals surface area contributed by atoms with Gasteiger partial charge in [0.2, 0.25) is 0 Å². The number of rotatable bonds is 3. The van der Waals surface area contributed by atoms with E-state index in [1.165, 1.54) is 26.0 Å². The van der Waals surface area contributed by atoms with Crippen molar-refractivity contribution >= 4 is 23.2 Å². The Kier molecular flexibility index (Phi) is 4.19. The van der Waals surface area contributed by atoms with Crippen molar-refractivity contribution in [2.75, 3.05) is 0 Å². The number of hydrogen-bond donors (Lipinski definition) is 0. The summed E-state index contributed by atoms with van der Waals surface area (Å²) in [5.41, 5.74) is 0.598. The molecule has 0 saturated heterocycles. The largest absolute Gasteiger partial charge is 0.275 e. The molecule has 0 aliphatic heterocycles. The van der Waals surface area contributed by atoms with Crippen molar-refractivity contribution in [2.24, 2.45) is 5.92 Å². The molecule has 0 nitrogen and oxygen atoms in total. The summed E-state index contributed by atoms with van der Waals surface area (Å²) < 4.78 is 27.5. The average molecular weight is 267 g/mol. The van der Waals surface area contributed by atoms with Crippen LogP contribution in [-0.2, 0) is 12.3 Å². The van der Waals surface area contributed by atoms with Gasteiger partial charge < -0.3 is 0 Å². The molecule has 0 unspecified atom stereocenters. The van der Waals surface area contributed by atoms with Gasteiger partial charge in [-0.25, -0.2) is 8.78 Å². The van der Waals surface area contributed by atoms with Crippen LogP contribution in [0, 0.1) is 5.92 Å². The molecule has 0 atom stereocenters. The lowest BCUT2D eigenvalue weighted by atomic mass is 9.96. The highest BCUT2D eigenvalue weighted by Gasteiger charge is 2.36. The quantitative estimate of drug-likeness (QED) is 0.696. The van der Waals surface area contributed by atoms with E-state index in [1.54, 1.807) is 0 Å². The van der Waals surface area contributed by atoms with Crippen molar-refractivity contribution < 1.29 is 8.78 Å². The zero-order valence-corrected chi connectivity index (χ0v) is 11.0. The number of halogens is 4. The van der Waals surface area contributed by atoms with Crippen molar-refractivity contribution in [3.8, 4) is 0 Å². The number of benzene rings is 1. The van der Waals surface area contributed by atoms with E-state index in [1.807, 2.05) is 6.92 Å². The summed E-state index contributed by atoms with van der Waals surface area (Å²) in [6, 6.07) is 2.62. The molecule has 4 heteroatoms. The van der Waals surface area contributed by atoms with Crippen LogP contribution in [0.5, 0.6) is 0 Å². The fourth-order valence-corrected chi connectivity index (χ4v) is 2.22. The van der Waals surface area contributed by atoms with E-state index in [-0.39, 0.29) is 5.56 Å². The normalized spacial score (nSPS) is 12.2. The Labute approximate surface area is 105 Å². The van der Waals surface area contributed by atoms with Crippen molar-refractivity contribution in [3.63, 3.8) is 0 Å². The van der Waals surface area contributed by atoms with Crippen molar-refractivity contribution in [1.82, 2.24) is 0 Å². The molecule has 0 heterocycles. The summed E-state index contributed by atoms with van der Waals surface area (Å²) in [5.74, 6) is -3.69. The molecule has 0 aromatic heterocycles. The molecule has 0 aliphatic carbocycles. The van der Waals surface area contributed by atoms with Gasteiger partial charge in [-0.2, -0.15) is 0 Å². The summed E-state index contributed by atoms with van der Waals surface area (Å²) in [5, 5.41) is 0.621. The first-order chi connectivity index (χ1) is 7.30. The van der Waals surface area contributed by atoms with Gasteiger partial charge in [0.1, 0.15) is 0 Å². The predicted molar refractivity (Wildman–Crippen MR) is 64.6 cm³/mol. The van der Waals surface area contributed by atoms with Gasteiger partial charge in [0.05, 0.1) is 0 Å². The molecule has 0 amide bonds. The third-order valence-electron chi connectivity index (χ3n) is 2.60. The molecule has 0 bridgehead atoms. The Morgan fingerprint density at radius 2 is 1.62 bits per heavy atom. The van der Waals surface area contributed by atoms with E-state index >= 15 is 0 Å². The summed E-state index contributed by atoms with van der Waals surface area (Å²) >= 11 is 11.9. The lowest BCUT2D eigenvalue weighted by molar-refractivity contribution is -0.0513. The third-order valence-corrected chi connectivity index (χ3v) is 3.28. The number of hydrogen-bond acceptors (Lipinski definition) is 0. The fraction of sp³-hybridized carbons (Fsp3) is 0.500. The first-order valence-electron chi connectivity index (χ1n) is 5.16. The second-order valence-corrected chi connectivity index (χ2v) is 4.86. The molecule has 16 heavy (non-hydrogen) atoms. The van der Waals surface area contributed by atoms with Gasteiger partial charge in [-0.05, 0) is 24.1 Å².